The number of aromatic nitrogens is 7. The van der Waals surface area contributed by atoms with Gasteiger partial charge in [-0.25, -0.2) is 15.0 Å². The fraction of sp³-hybridized carbons (Fsp3) is 0.174. The predicted octanol–water partition coefficient (Wildman–Crippen LogP) is 3.47. The van der Waals surface area contributed by atoms with Crippen LogP contribution in [0.15, 0.2) is 61.3 Å². The molecule has 0 bridgehead atoms. The molecule has 1 aromatic carbocycles. The molecule has 0 aliphatic heterocycles. The van der Waals surface area contributed by atoms with Gasteiger partial charge in [0.1, 0.15) is 12.2 Å². The van der Waals surface area contributed by atoms with E-state index in [0.29, 0.717) is 27.9 Å². The van der Waals surface area contributed by atoms with Crippen LogP contribution in [0.5, 0.6) is 0 Å². The van der Waals surface area contributed by atoms with Gasteiger partial charge in [0.2, 0.25) is 5.95 Å². The molecule has 2 N–H and O–H groups in total. The zero-order valence-corrected chi connectivity index (χ0v) is 18.8. The van der Waals surface area contributed by atoms with E-state index in [9.17, 15) is 18.0 Å². The summed E-state index contributed by atoms with van der Waals surface area (Å²) >= 11 is 0. The summed E-state index contributed by atoms with van der Waals surface area (Å²) < 4.78 is 40.4. The lowest BCUT2D eigenvalue weighted by molar-refractivity contribution is -0.137. The van der Waals surface area contributed by atoms with Crippen molar-refractivity contribution >= 4 is 28.4 Å². The Morgan fingerprint density at radius 1 is 1.14 bits per heavy atom. The zero-order valence-electron chi connectivity index (χ0n) is 18.8. The van der Waals surface area contributed by atoms with Crippen molar-refractivity contribution in [1.82, 2.24) is 39.4 Å². The molecule has 1 atom stereocenters. The number of hydrogen-bond acceptors (Lipinski definition) is 8. The number of pyridine rings is 1. The van der Waals surface area contributed by atoms with E-state index in [1.165, 1.54) is 21.7 Å². The highest BCUT2D eigenvalue weighted by Gasteiger charge is 2.31. The number of halogens is 3. The lowest BCUT2D eigenvalue weighted by atomic mass is 10.1. The van der Waals surface area contributed by atoms with Gasteiger partial charge in [-0.05, 0) is 43.3 Å². The van der Waals surface area contributed by atoms with Crippen molar-refractivity contribution in [3.63, 3.8) is 0 Å². The Bertz CT molecular complexity index is 1550. The maximum absolute atomic E-state index is 13.7. The number of fused-ring (bicyclic) bond motifs is 3. The number of anilines is 1. The molecule has 182 valence electrons. The maximum Gasteiger partial charge on any atom is 0.417 e. The number of nitrogens with two attached hydrogens (primary N) is 1. The van der Waals surface area contributed by atoms with Gasteiger partial charge >= 0.3 is 6.18 Å². The molecular weight excluding hydrogens is 475 g/mol. The molecule has 36 heavy (non-hydrogen) atoms. The monoisotopic (exact) mass is 493 g/mol. The van der Waals surface area contributed by atoms with E-state index >= 15 is 0 Å². The number of rotatable bonds is 5. The Kier molecular flexibility index (Phi) is 5.66. The Morgan fingerprint density at radius 2 is 1.92 bits per heavy atom. The molecule has 0 aliphatic carbocycles. The summed E-state index contributed by atoms with van der Waals surface area (Å²) in [6.07, 6.45) is 0.749. The van der Waals surface area contributed by atoms with Crippen LogP contribution < -0.4 is 5.73 Å². The Morgan fingerprint density at radius 3 is 2.61 bits per heavy atom. The van der Waals surface area contributed by atoms with Crippen LogP contribution in [0.3, 0.4) is 0 Å². The van der Waals surface area contributed by atoms with E-state index in [-0.39, 0.29) is 18.2 Å². The molecule has 4 heterocycles. The van der Waals surface area contributed by atoms with Crippen molar-refractivity contribution in [2.24, 2.45) is 0 Å². The van der Waals surface area contributed by atoms with Gasteiger partial charge in [-0.3, -0.25) is 14.2 Å². The van der Waals surface area contributed by atoms with Crippen LogP contribution in [0.25, 0.3) is 16.6 Å². The summed E-state index contributed by atoms with van der Waals surface area (Å²) in [4.78, 5) is 31.9. The largest absolute Gasteiger partial charge is 0.417 e. The molecule has 10 nitrogen and oxygen atoms in total. The zero-order chi connectivity index (χ0) is 25.4. The van der Waals surface area contributed by atoms with E-state index in [0.717, 1.165) is 12.3 Å². The van der Waals surface area contributed by atoms with Crippen LogP contribution in [0.2, 0.25) is 0 Å². The average molecular weight is 493 g/mol. The molecule has 4 aromatic heterocycles. The van der Waals surface area contributed by atoms with Crippen molar-refractivity contribution in [2.45, 2.75) is 25.7 Å². The minimum atomic E-state index is -4.51. The molecule has 0 fully saturated rings. The van der Waals surface area contributed by atoms with Gasteiger partial charge < -0.3 is 10.6 Å². The van der Waals surface area contributed by atoms with Gasteiger partial charge in [0.15, 0.2) is 5.65 Å². The summed E-state index contributed by atoms with van der Waals surface area (Å²) in [5, 5.41) is 8.50. The maximum atomic E-state index is 13.7. The van der Waals surface area contributed by atoms with E-state index in [1.807, 2.05) is 0 Å². The van der Waals surface area contributed by atoms with Gasteiger partial charge in [0.25, 0.3) is 5.91 Å². The average Bonchev–Trinajstić information content (AvgIpc) is 3.38. The number of carbonyl (C=O) groups excluding carboxylic acids is 1. The lowest BCUT2D eigenvalue weighted by Crippen LogP contribution is -2.34. The van der Waals surface area contributed by atoms with E-state index in [2.05, 4.69) is 30.1 Å². The van der Waals surface area contributed by atoms with Crippen LogP contribution in [0.4, 0.5) is 19.1 Å². The minimum absolute atomic E-state index is 0.0746. The number of benzene rings is 1. The van der Waals surface area contributed by atoms with Crippen molar-refractivity contribution < 1.29 is 18.0 Å². The fourth-order valence-electron chi connectivity index (χ4n) is 3.79. The molecule has 0 saturated heterocycles. The van der Waals surface area contributed by atoms with E-state index in [4.69, 9.17) is 5.73 Å². The number of carbonyl (C=O) groups is 1. The smallest absolute Gasteiger partial charge is 0.369 e. The van der Waals surface area contributed by atoms with Gasteiger partial charge in [-0.2, -0.15) is 13.2 Å². The second kappa shape index (κ2) is 8.83. The highest BCUT2D eigenvalue weighted by molar-refractivity contribution is 6.01. The fourth-order valence-corrected chi connectivity index (χ4v) is 3.79. The second-order valence-electron chi connectivity index (χ2n) is 7.98. The second-order valence-corrected chi connectivity index (χ2v) is 7.98. The molecular formula is C23H18F3N9O. The van der Waals surface area contributed by atoms with Crippen LogP contribution in [-0.2, 0) is 12.7 Å². The number of nitrogens with zero attached hydrogens (tertiary/aromatic N) is 8. The van der Waals surface area contributed by atoms with Crippen LogP contribution in [0, 0.1) is 0 Å². The normalized spacial score (nSPS) is 12.7. The summed E-state index contributed by atoms with van der Waals surface area (Å²) in [6.45, 7) is 1.66. The van der Waals surface area contributed by atoms with Gasteiger partial charge in [0, 0.05) is 29.5 Å². The SMILES string of the molecule is C[C@H](c1ncccn1)N(Cc1ccc(C(F)(F)F)cn1)C(=O)c1ccc2nc(N)n3cnnc3c2c1. The first-order chi connectivity index (χ1) is 17.2. The van der Waals surface area contributed by atoms with Gasteiger partial charge in [-0.1, -0.05) is 0 Å². The van der Waals surface area contributed by atoms with Gasteiger partial charge in [0.05, 0.1) is 29.4 Å². The molecule has 5 aromatic rings. The lowest BCUT2D eigenvalue weighted by Gasteiger charge is -2.28. The van der Waals surface area contributed by atoms with E-state index < -0.39 is 23.7 Å². The Labute approximate surface area is 201 Å². The third-order valence-corrected chi connectivity index (χ3v) is 5.69. The topological polar surface area (TPSA) is 128 Å². The Hall–Kier alpha value is -4.68. The van der Waals surface area contributed by atoms with Crippen LogP contribution in [-0.4, -0.2) is 45.3 Å². The summed E-state index contributed by atoms with van der Waals surface area (Å²) in [5.74, 6) is 0.160. The van der Waals surface area contributed by atoms with Crippen molar-refractivity contribution in [1.29, 1.82) is 0 Å². The summed E-state index contributed by atoms with van der Waals surface area (Å²) in [5.41, 5.74) is 6.61. The molecule has 1 amide bonds. The molecule has 0 unspecified atom stereocenters. The summed E-state index contributed by atoms with van der Waals surface area (Å²) in [7, 11) is 0. The molecule has 0 radical (unpaired) electrons. The van der Waals surface area contributed by atoms with Crippen molar-refractivity contribution in [3.8, 4) is 0 Å². The standard InChI is InChI=1S/C23H18F3N9O/c1-13(19-28-7-2-8-29-19)34(11-16-5-4-15(10-30-16)23(24,25)26)21(36)14-3-6-18-17(9-14)20-33-31-12-35(20)22(27)32-18/h2-10,12-13H,11H2,1H3,(H2,27,32)/t13-/m1/s1. The first kappa shape index (κ1) is 23.1. The third kappa shape index (κ3) is 4.26. The molecule has 5 rings (SSSR count). The highest BCUT2D eigenvalue weighted by Crippen LogP contribution is 2.29. The summed E-state index contributed by atoms with van der Waals surface area (Å²) in [6, 6.07) is 8.07. The molecule has 0 spiro atoms. The van der Waals surface area contributed by atoms with Crippen molar-refractivity contribution in [3.05, 3.63) is 84.0 Å². The number of alkyl halides is 3. The van der Waals surface area contributed by atoms with Gasteiger partial charge in [-0.15, -0.1) is 10.2 Å². The molecule has 13 heteroatoms. The predicted molar refractivity (Wildman–Crippen MR) is 122 cm³/mol. The highest BCUT2D eigenvalue weighted by atomic mass is 19.4. The number of hydrogen-bond donors (Lipinski definition) is 1. The number of nitrogen functional groups attached to an aromatic ring is 1. The third-order valence-electron chi connectivity index (χ3n) is 5.69. The van der Waals surface area contributed by atoms with Crippen molar-refractivity contribution in [2.75, 3.05) is 5.73 Å². The minimum Gasteiger partial charge on any atom is -0.369 e. The Balaban J connectivity index is 1.55. The molecule has 0 saturated carbocycles. The van der Waals surface area contributed by atoms with Crippen LogP contribution in [0.1, 0.15) is 40.4 Å². The molecule has 0 aliphatic rings. The first-order valence-corrected chi connectivity index (χ1v) is 10.7. The quantitative estimate of drug-likeness (QED) is 0.394. The van der Waals surface area contributed by atoms with Crippen LogP contribution >= 0.6 is 0 Å². The van der Waals surface area contributed by atoms with E-state index in [1.54, 1.807) is 43.6 Å². The number of amides is 1. The first-order valence-electron chi connectivity index (χ1n) is 10.7.